The van der Waals surface area contributed by atoms with Crippen molar-refractivity contribution in [1.82, 2.24) is 14.3 Å². The van der Waals surface area contributed by atoms with Gasteiger partial charge in [0.1, 0.15) is 12.4 Å². The van der Waals surface area contributed by atoms with Gasteiger partial charge in [0, 0.05) is 47.9 Å². The number of hydrogen-bond acceptors (Lipinski definition) is 3. The van der Waals surface area contributed by atoms with Gasteiger partial charge in [-0.1, -0.05) is 43.3 Å². The topological polar surface area (TPSA) is 72.2 Å². The zero-order valence-electron chi connectivity index (χ0n) is 19.1. The highest BCUT2D eigenvalue weighted by atomic mass is 16.2. The van der Waals surface area contributed by atoms with E-state index >= 15 is 0 Å². The second kappa shape index (κ2) is 8.24. The third kappa shape index (κ3) is 3.69. The summed E-state index contributed by atoms with van der Waals surface area (Å²) in [6, 6.07) is 16.1. The second-order valence-corrected chi connectivity index (χ2v) is 8.52. The van der Waals surface area contributed by atoms with Gasteiger partial charge in [0.05, 0.1) is 12.2 Å². The predicted molar refractivity (Wildman–Crippen MR) is 130 cm³/mol. The quantitative estimate of drug-likeness (QED) is 0.502. The normalized spacial score (nSPS) is 13.4. The van der Waals surface area contributed by atoms with Gasteiger partial charge in [-0.05, 0) is 30.5 Å². The highest BCUT2D eigenvalue weighted by molar-refractivity contribution is 6.04. The number of rotatable bonds is 5. The molecule has 0 spiro atoms. The number of hydrogen-bond donors (Lipinski definition) is 1. The Morgan fingerprint density at radius 3 is 2.79 bits per heavy atom. The lowest BCUT2D eigenvalue weighted by atomic mass is 10.1. The van der Waals surface area contributed by atoms with E-state index in [9.17, 15) is 9.59 Å². The maximum atomic E-state index is 13.0. The van der Waals surface area contributed by atoms with Crippen LogP contribution in [-0.2, 0) is 29.6 Å². The average molecular weight is 442 g/mol. The van der Waals surface area contributed by atoms with E-state index in [0.29, 0.717) is 18.8 Å². The van der Waals surface area contributed by atoms with Crippen molar-refractivity contribution in [1.29, 1.82) is 0 Å². The van der Waals surface area contributed by atoms with Crippen LogP contribution in [0, 0.1) is 6.92 Å². The van der Waals surface area contributed by atoms with E-state index in [-0.39, 0.29) is 18.4 Å². The summed E-state index contributed by atoms with van der Waals surface area (Å²) in [5, 5.41) is 8.92. The lowest BCUT2D eigenvalue weighted by molar-refractivity contribution is -0.122. The Labute approximate surface area is 192 Å². The van der Waals surface area contributed by atoms with Crippen molar-refractivity contribution in [2.24, 2.45) is 7.05 Å². The molecule has 7 heteroatoms. The molecule has 7 nitrogen and oxygen atoms in total. The molecule has 5 rings (SSSR count). The van der Waals surface area contributed by atoms with Gasteiger partial charge in [-0.15, -0.1) is 0 Å². The molecule has 3 heterocycles. The van der Waals surface area contributed by atoms with Crippen molar-refractivity contribution in [3.63, 3.8) is 0 Å². The number of carbonyl (C=O) groups is 2. The summed E-state index contributed by atoms with van der Waals surface area (Å²) >= 11 is 0. The number of anilines is 2. The Hall–Kier alpha value is -3.87. The molecule has 2 amide bonds. The molecule has 1 aliphatic rings. The molecule has 0 unspecified atom stereocenters. The van der Waals surface area contributed by atoms with E-state index in [4.69, 9.17) is 5.10 Å². The fourth-order valence-corrected chi connectivity index (χ4v) is 4.62. The molecule has 0 aliphatic carbocycles. The van der Waals surface area contributed by atoms with Crippen LogP contribution < -0.4 is 10.2 Å². The average Bonchev–Trinajstić information content (AvgIpc) is 3.39. The van der Waals surface area contributed by atoms with Gasteiger partial charge < -0.3 is 9.88 Å². The number of amides is 2. The minimum Gasteiger partial charge on any atom is -0.350 e. The summed E-state index contributed by atoms with van der Waals surface area (Å²) in [5.74, 6) is 0.376. The SMILES string of the molecule is CCc1cccc(C)c1NC(=O)CN1C(=O)CCn2nc(-c3cn(C)c4ccccc34)cc21. The van der Waals surface area contributed by atoms with Crippen molar-refractivity contribution in [3.05, 3.63) is 65.9 Å². The second-order valence-electron chi connectivity index (χ2n) is 8.52. The molecular weight excluding hydrogens is 414 g/mol. The summed E-state index contributed by atoms with van der Waals surface area (Å²) in [7, 11) is 2.01. The molecule has 0 bridgehead atoms. The number of para-hydroxylation sites is 2. The standard InChI is InChI=1S/C26H27N5O2/c1-4-18-9-7-8-17(2)26(18)27-23(32)16-30-24-14-21(28-31(24)13-12-25(30)33)20-15-29(3)22-11-6-5-10-19(20)22/h5-11,14-15H,4,12-13,16H2,1-3H3,(H,27,32). The van der Waals surface area contributed by atoms with E-state index in [1.807, 2.05) is 55.1 Å². The van der Waals surface area contributed by atoms with Crippen molar-refractivity contribution in [3.8, 4) is 11.3 Å². The summed E-state index contributed by atoms with van der Waals surface area (Å²) < 4.78 is 3.91. The molecular formula is C26H27N5O2. The first-order chi connectivity index (χ1) is 16.0. The third-order valence-electron chi connectivity index (χ3n) is 6.35. The highest BCUT2D eigenvalue weighted by Crippen LogP contribution is 2.33. The van der Waals surface area contributed by atoms with Gasteiger partial charge in [-0.25, -0.2) is 4.68 Å². The van der Waals surface area contributed by atoms with Crippen LogP contribution >= 0.6 is 0 Å². The summed E-state index contributed by atoms with van der Waals surface area (Å²) in [5.41, 5.74) is 5.86. The maximum absolute atomic E-state index is 13.0. The van der Waals surface area contributed by atoms with Gasteiger partial charge in [-0.3, -0.25) is 14.5 Å². The van der Waals surface area contributed by atoms with Crippen molar-refractivity contribution >= 4 is 34.2 Å². The van der Waals surface area contributed by atoms with Gasteiger partial charge >= 0.3 is 0 Å². The van der Waals surface area contributed by atoms with E-state index < -0.39 is 0 Å². The molecule has 1 aliphatic heterocycles. The molecule has 4 aromatic rings. The van der Waals surface area contributed by atoms with Crippen LogP contribution in [0.3, 0.4) is 0 Å². The van der Waals surface area contributed by atoms with Crippen LogP contribution in [0.25, 0.3) is 22.2 Å². The Kier molecular flexibility index (Phi) is 5.24. The minimum atomic E-state index is -0.214. The predicted octanol–water partition coefficient (Wildman–Crippen LogP) is 4.29. The van der Waals surface area contributed by atoms with Gasteiger partial charge in [-0.2, -0.15) is 5.10 Å². The molecule has 0 saturated heterocycles. The molecule has 168 valence electrons. The van der Waals surface area contributed by atoms with Gasteiger partial charge in [0.2, 0.25) is 11.8 Å². The monoisotopic (exact) mass is 441 g/mol. The van der Waals surface area contributed by atoms with Crippen LogP contribution in [0.15, 0.2) is 54.7 Å². The lowest BCUT2D eigenvalue weighted by Crippen LogP contribution is -2.42. The zero-order chi connectivity index (χ0) is 23.1. The summed E-state index contributed by atoms with van der Waals surface area (Å²) in [6.07, 6.45) is 3.20. The fourth-order valence-electron chi connectivity index (χ4n) is 4.62. The summed E-state index contributed by atoms with van der Waals surface area (Å²) in [4.78, 5) is 27.3. The molecule has 1 N–H and O–H groups in total. The molecule has 0 saturated carbocycles. The third-order valence-corrected chi connectivity index (χ3v) is 6.35. The van der Waals surface area contributed by atoms with Gasteiger partial charge in [0.25, 0.3) is 0 Å². The smallest absolute Gasteiger partial charge is 0.244 e. The molecule has 2 aromatic heterocycles. The molecule has 33 heavy (non-hydrogen) atoms. The van der Waals surface area contributed by atoms with Gasteiger partial charge in [0.15, 0.2) is 0 Å². The van der Waals surface area contributed by atoms with Crippen LogP contribution in [0.1, 0.15) is 24.5 Å². The molecule has 0 fully saturated rings. The Morgan fingerprint density at radius 2 is 1.97 bits per heavy atom. The lowest BCUT2D eigenvalue weighted by Gasteiger charge is -2.27. The number of fused-ring (bicyclic) bond motifs is 2. The Morgan fingerprint density at radius 1 is 1.15 bits per heavy atom. The van der Waals surface area contributed by atoms with E-state index in [1.54, 1.807) is 4.90 Å². The molecule has 0 radical (unpaired) electrons. The van der Waals surface area contributed by atoms with Crippen molar-refractivity contribution < 1.29 is 9.59 Å². The fraction of sp³-hybridized carbons (Fsp3) is 0.269. The number of carbonyl (C=O) groups excluding carboxylic acids is 2. The number of aryl methyl sites for hydroxylation is 4. The summed E-state index contributed by atoms with van der Waals surface area (Å²) in [6.45, 7) is 4.50. The minimum absolute atomic E-state index is 0.0447. The van der Waals surface area contributed by atoms with Crippen LogP contribution in [0.4, 0.5) is 11.5 Å². The van der Waals surface area contributed by atoms with Crippen LogP contribution in [-0.4, -0.2) is 32.7 Å². The number of nitrogens with one attached hydrogen (secondary N) is 1. The number of aromatic nitrogens is 3. The zero-order valence-corrected chi connectivity index (χ0v) is 19.1. The van der Waals surface area contributed by atoms with E-state index in [2.05, 4.69) is 35.1 Å². The van der Waals surface area contributed by atoms with E-state index in [1.165, 1.54) is 0 Å². The maximum Gasteiger partial charge on any atom is 0.244 e. The first-order valence-corrected chi connectivity index (χ1v) is 11.3. The molecule has 2 aromatic carbocycles. The number of benzene rings is 2. The van der Waals surface area contributed by atoms with Crippen molar-refractivity contribution in [2.45, 2.75) is 33.2 Å². The van der Waals surface area contributed by atoms with Crippen LogP contribution in [0.5, 0.6) is 0 Å². The Balaban J connectivity index is 1.45. The van der Waals surface area contributed by atoms with Crippen LogP contribution in [0.2, 0.25) is 0 Å². The number of nitrogens with zero attached hydrogens (tertiary/aromatic N) is 4. The first-order valence-electron chi connectivity index (χ1n) is 11.3. The van der Waals surface area contributed by atoms with E-state index in [0.717, 1.165) is 45.4 Å². The first kappa shape index (κ1) is 21.0. The molecule has 0 atom stereocenters. The Bertz CT molecular complexity index is 1380. The van der Waals surface area contributed by atoms with Crippen molar-refractivity contribution in [2.75, 3.05) is 16.8 Å². The highest BCUT2D eigenvalue weighted by Gasteiger charge is 2.29. The largest absolute Gasteiger partial charge is 0.350 e.